The van der Waals surface area contributed by atoms with E-state index in [2.05, 4.69) is 37.7 Å². The molecule has 2 aromatic heterocycles. The van der Waals surface area contributed by atoms with E-state index in [-0.39, 0.29) is 11.2 Å². The number of aromatic amines is 1. The van der Waals surface area contributed by atoms with E-state index in [9.17, 15) is 9.50 Å². The minimum absolute atomic E-state index is 0.137. The third kappa shape index (κ3) is 5.76. The molecule has 4 nitrogen and oxygen atoms in total. The summed E-state index contributed by atoms with van der Waals surface area (Å²) in [5.74, 6) is 0.292. The van der Waals surface area contributed by atoms with Crippen molar-refractivity contribution in [1.29, 1.82) is 0 Å². The van der Waals surface area contributed by atoms with Crippen molar-refractivity contribution in [3.8, 4) is 11.3 Å². The molecule has 0 saturated heterocycles. The van der Waals surface area contributed by atoms with Crippen molar-refractivity contribution in [2.45, 2.75) is 65.4 Å². The summed E-state index contributed by atoms with van der Waals surface area (Å²) < 4.78 is 13.1. The minimum atomic E-state index is -1.04. The van der Waals surface area contributed by atoms with Crippen molar-refractivity contribution in [3.63, 3.8) is 0 Å². The van der Waals surface area contributed by atoms with Crippen molar-refractivity contribution in [1.82, 2.24) is 15.0 Å². The van der Waals surface area contributed by atoms with Crippen LogP contribution in [-0.2, 0) is 18.4 Å². The first-order chi connectivity index (χ1) is 14.2. The number of hydrogen-bond acceptors (Lipinski definition) is 3. The van der Waals surface area contributed by atoms with E-state index in [4.69, 9.17) is 4.98 Å². The number of pyridine rings is 1. The van der Waals surface area contributed by atoms with Crippen molar-refractivity contribution in [3.05, 3.63) is 71.7 Å². The standard InChI is InChI=1S/C25H32FN3O/c1-5-6-13-25(30,23-28-17-21(29-23)15-24(2,3)4)14-18-7-9-19(10-8-18)22-12-11-20(26)16-27-22/h7-12,16-17,30H,5-6,13-15H2,1-4H3,(H,28,29). The predicted octanol–water partition coefficient (Wildman–Crippen LogP) is 5.82. The lowest BCUT2D eigenvalue weighted by Crippen LogP contribution is -2.30. The molecule has 0 aliphatic rings. The van der Waals surface area contributed by atoms with Crippen molar-refractivity contribution in [2.75, 3.05) is 0 Å². The summed E-state index contributed by atoms with van der Waals surface area (Å²) in [5, 5.41) is 11.5. The predicted molar refractivity (Wildman–Crippen MR) is 119 cm³/mol. The lowest BCUT2D eigenvalue weighted by molar-refractivity contribution is 0.0171. The highest BCUT2D eigenvalue weighted by Gasteiger charge is 2.32. The average Bonchev–Trinajstić information content (AvgIpc) is 3.15. The van der Waals surface area contributed by atoms with Crippen LogP contribution in [0.3, 0.4) is 0 Å². The number of aliphatic hydroxyl groups is 1. The molecule has 1 aromatic carbocycles. The van der Waals surface area contributed by atoms with Gasteiger partial charge in [0.15, 0.2) is 0 Å². The number of H-pyrrole nitrogens is 1. The highest BCUT2D eigenvalue weighted by molar-refractivity contribution is 5.59. The topological polar surface area (TPSA) is 61.8 Å². The molecule has 0 amide bonds. The Labute approximate surface area is 178 Å². The lowest BCUT2D eigenvalue weighted by atomic mass is 9.88. The van der Waals surface area contributed by atoms with Gasteiger partial charge in [0.25, 0.3) is 0 Å². The Morgan fingerprint density at radius 1 is 1.03 bits per heavy atom. The summed E-state index contributed by atoms with van der Waals surface area (Å²) in [7, 11) is 0. The fourth-order valence-electron chi connectivity index (χ4n) is 3.67. The second-order valence-electron chi connectivity index (χ2n) is 9.35. The van der Waals surface area contributed by atoms with E-state index >= 15 is 0 Å². The Morgan fingerprint density at radius 3 is 2.37 bits per heavy atom. The molecule has 3 rings (SSSR count). The van der Waals surface area contributed by atoms with Gasteiger partial charge in [-0.05, 0) is 36.0 Å². The van der Waals surface area contributed by atoms with Crippen molar-refractivity contribution < 1.29 is 9.50 Å². The normalized spacial score (nSPS) is 13.9. The first-order valence-corrected chi connectivity index (χ1v) is 10.7. The van der Waals surface area contributed by atoms with E-state index in [1.54, 1.807) is 6.07 Å². The van der Waals surface area contributed by atoms with Gasteiger partial charge in [0.05, 0.1) is 17.6 Å². The molecule has 1 unspecified atom stereocenters. The zero-order chi connectivity index (χ0) is 21.8. The van der Waals surface area contributed by atoms with Crippen LogP contribution in [-0.4, -0.2) is 20.1 Å². The molecule has 30 heavy (non-hydrogen) atoms. The molecule has 2 N–H and O–H groups in total. The Kier molecular flexibility index (Phi) is 6.71. The molecule has 0 radical (unpaired) electrons. The molecule has 160 valence electrons. The smallest absolute Gasteiger partial charge is 0.141 e. The average molecular weight is 410 g/mol. The number of aromatic nitrogens is 3. The van der Waals surface area contributed by atoms with E-state index < -0.39 is 5.60 Å². The van der Waals surface area contributed by atoms with Gasteiger partial charge in [-0.3, -0.25) is 4.98 Å². The largest absolute Gasteiger partial charge is 0.382 e. The number of imidazole rings is 1. The van der Waals surface area contributed by atoms with Gasteiger partial charge in [0.1, 0.15) is 17.2 Å². The number of halogens is 1. The number of benzene rings is 1. The Bertz CT molecular complexity index is 942. The van der Waals surface area contributed by atoms with Gasteiger partial charge >= 0.3 is 0 Å². The number of hydrogen-bond donors (Lipinski definition) is 2. The van der Waals surface area contributed by atoms with Gasteiger partial charge in [-0.15, -0.1) is 0 Å². The fraction of sp³-hybridized carbons (Fsp3) is 0.440. The van der Waals surface area contributed by atoms with Crippen molar-refractivity contribution >= 4 is 0 Å². The quantitative estimate of drug-likeness (QED) is 0.493. The maximum atomic E-state index is 13.1. The molecule has 0 spiro atoms. The molecule has 0 aliphatic carbocycles. The zero-order valence-electron chi connectivity index (χ0n) is 18.4. The maximum Gasteiger partial charge on any atom is 0.141 e. The van der Waals surface area contributed by atoms with Crippen LogP contribution in [0.25, 0.3) is 11.3 Å². The van der Waals surface area contributed by atoms with Crippen LogP contribution in [0.5, 0.6) is 0 Å². The van der Waals surface area contributed by atoms with Crippen LogP contribution in [0, 0.1) is 11.2 Å². The van der Waals surface area contributed by atoms with Crippen molar-refractivity contribution in [2.24, 2.45) is 5.41 Å². The van der Waals surface area contributed by atoms with Crippen LogP contribution in [0.2, 0.25) is 0 Å². The van der Waals surface area contributed by atoms with Crippen LogP contribution in [0.1, 0.15) is 64.0 Å². The molecule has 0 aliphatic heterocycles. The van der Waals surface area contributed by atoms with Crippen LogP contribution < -0.4 is 0 Å². The van der Waals surface area contributed by atoms with Gasteiger partial charge in [0, 0.05) is 18.2 Å². The summed E-state index contributed by atoms with van der Waals surface area (Å²) in [6, 6.07) is 11.0. The Morgan fingerprint density at radius 2 is 1.77 bits per heavy atom. The first kappa shape index (κ1) is 22.2. The third-order valence-corrected chi connectivity index (χ3v) is 5.20. The van der Waals surface area contributed by atoms with Crippen LogP contribution >= 0.6 is 0 Å². The summed E-state index contributed by atoms with van der Waals surface area (Å²) in [4.78, 5) is 12.1. The van der Waals surface area contributed by atoms with Gasteiger partial charge < -0.3 is 10.1 Å². The molecule has 2 heterocycles. The molecule has 0 bridgehead atoms. The summed E-state index contributed by atoms with van der Waals surface area (Å²) in [6.45, 7) is 8.67. The highest BCUT2D eigenvalue weighted by atomic mass is 19.1. The molecule has 0 fully saturated rings. The molecular weight excluding hydrogens is 377 g/mol. The molecule has 5 heteroatoms. The Balaban J connectivity index is 1.81. The number of nitrogens with zero attached hydrogens (tertiary/aromatic N) is 2. The van der Waals surface area contributed by atoms with Gasteiger partial charge in [-0.2, -0.15) is 0 Å². The van der Waals surface area contributed by atoms with E-state index in [1.807, 2.05) is 30.5 Å². The Hall–Kier alpha value is -2.53. The summed E-state index contributed by atoms with van der Waals surface area (Å²) in [5.41, 5.74) is 2.74. The molecule has 1 atom stereocenters. The lowest BCUT2D eigenvalue weighted by Gasteiger charge is -2.26. The number of unbranched alkanes of at least 4 members (excludes halogenated alkanes) is 1. The number of nitrogens with one attached hydrogen (secondary N) is 1. The third-order valence-electron chi connectivity index (χ3n) is 5.20. The molecule has 0 saturated carbocycles. The zero-order valence-corrected chi connectivity index (χ0v) is 18.4. The molecular formula is C25H32FN3O. The van der Waals surface area contributed by atoms with Gasteiger partial charge in [0.2, 0.25) is 0 Å². The summed E-state index contributed by atoms with van der Waals surface area (Å²) in [6.07, 6.45) is 7.04. The van der Waals surface area contributed by atoms with E-state index in [1.165, 1.54) is 12.3 Å². The second-order valence-corrected chi connectivity index (χ2v) is 9.35. The van der Waals surface area contributed by atoms with E-state index in [0.717, 1.165) is 41.8 Å². The SMILES string of the molecule is CCCCC(O)(Cc1ccc(-c2ccc(F)cn2)cc1)c1nc(CC(C)(C)C)c[nH]1. The highest BCUT2D eigenvalue weighted by Crippen LogP contribution is 2.31. The monoisotopic (exact) mass is 409 g/mol. The van der Waals surface area contributed by atoms with Crippen LogP contribution in [0.15, 0.2) is 48.8 Å². The number of rotatable bonds is 8. The van der Waals surface area contributed by atoms with Crippen LogP contribution in [0.4, 0.5) is 4.39 Å². The van der Waals surface area contributed by atoms with E-state index in [0.29, 0.717) is 18.7 Å². The maximum absolute atomic E-state index is 13.1. The fourth-order valence-corrected chi connectivity index (χ4v) is 3.67. The second kappa shape index (κ2) is 9.09. The first-order valence-electron chi connectivity index (χ1n) is 10.7. The van der Waals surface area contributed by atoms with Gasteiger partial charge in [-0.1, -0.05) is 64.8 Å². The molecule has 3 aromatic rings. The summed E-state index contributed by atoms with van der Waals surface area (Å²) >= 11 is 0. The van der Waals surface area contributed by atoms with Gasteiger partial charge in [-0.25, -0.2) is 9.37 Å². The minimum Gasteiger partial charge on any atom is -0.382 e.